The van der Waals surface area contributed by atoms with Crippen LogP contribution in [0.15, 0.2) is 11.1 Å². The molecule has 3 aromatic heterocycles. The second-order valence-corrected chi connectivity index (χ2v) is 7.50. The van der Waals surface area contributed by atoms with E-state index < -0.39 is 0 Å². The minimum absolute atomic E-state index is 0.0534. The summed E-state index contributed by atoms with van der Waals surface area (Å²) in [5.74, 6) is 1.40. The lowest BCUT2D eigenvalue weighted by atomic mass is 9.79. The number of aryl methyl sites for hydroxylation is 1. The number of carbonyl (C=O) groups is 1. The van der Waals surface area contributed by atoms with Crippen molar-refractivity contribution >= 4 is 27.5 Å². The number of hydrogen-bond donors (Lipinski definition) is 3. The summed E-state index contributed by atoms with van der Waals surface area (Å²) in [6.07, 6.45) is 2.89. The van der Waals surface area contributed by atoms with Crippen LogP contribution in [0.5, 0.6) is 0 Å². The van der Waals surface area contributed by atoms with Crippen molar-refractivity contribution in [3.05, 3.63) is 38.8 Å². The van der Waals surface area contributed by atoms with Crippen LogP contribution < -0.4 is 10.9 Å². The Kier molecular flexibility index (Phi) is 4.08. The maximum Gasteiger partial charge on any atom is 0.261 e. The molecule has 0 atom stereocenters. The van der Waals surface area contributed by atoms with Crippen molar-refractivity contribution < 1.29 is 9.90 Å². The smallest absolute Gasteiger partial charge is 0.261 e. The van der Waals surface area contributed by atoms with Crippen LogP contribution in [0.25, 0.3) is 10.2 Å². The monoisotopic (exact) mass is 374 g/mol. The number of aromatic amines is 1. The van der Waals surface area contributed by atoms with E-state index in [9.17, 15) is 14.7 Å². The summed E-state index contributed by atoms with van der Waals surface area (Å²) >= 11 is 1.23. The van der Waals surface area contributed by atoms with Gasteiger partial charge in [0.15, 0.2) is 5.82 Å². The van der Waals surface area contributed by atoms with Crippen LogP contribution >= 0.6 is 11.3 Å². The van der Waals surface area contributed by atoms with Gasteiger partial charge in [-0.1, -0.05) is 0 Å². The number of nitrogens with one attached hydrogen (secondary N) is 2. The topological polar surface area (TPSA) is 126 Å². The molecule has 1 aliphatic rings. The van der Waals surface area contributed by atoms with E-state index in [2.05, 4.69) is 25.5 Å². The summed E-state index contributed by atoms with van der Waals surface area (Å²) in [6.45, 7) is 1.62. The first-order chi connectivity index (χ1) is 12.5. The Morgan fingerprint density at radius 1 is 1.46 bits per heavy atom. The van der Waals surface area contributed by atoms with Gasteiger partial charge >= 0.3 is 0 Å². The van der Waals surface area contributed by atoms with Gasteiger partial charge in [-0.05, 0) is 25.3 Å². The number of carbonyl (C=O) groups excluding carboxylic acids is 1. The highest BCUT2D eigenvalue weighted by atomic mass is 32.1. The lowest BCUT2D eigenvalue weighted by molar-refractivity contribution is 0.0910. The van der Waals surface area contributed by atoms with Gasteiger partial charge in [0, 0.05) is 19.0 Å². The molecule has 1 aliphatic carbocycles. The first kappa shape index (κ1) is 16.9. The zero-order valence-electron chi connectivity index (χ0n) is 14.3. The largest absolute Gasteiger partial charge is 0.388 e. The van der Waals surface area contributed by atoms with Crippen LogP contribution in [0.3, 0.4) is 0 Å². The maximum absolute atomic E-state index is 12.6. The minimum atomic E-state index is -0.228. The Hall–Kier alpha value is -2.59. The Morgan fingerprint density at radius 2 is 2.23 bits per heavy atom. The molecule has 26 heavy (non-hydrogen) atoms. The average molecular weight is 374 g/mol. The lowest BCUT2D eigenvalue weighted by Crippen LogP contribution is -2.44. The van der Waals surface area contributed by atoms with Crippen LogP contribution in [0.4, 0.5) is 0 Å². The summed E-state index contributed by atoms with van der Waals surface area (Å²) in [7, 11) is 1.83. The molecule has 1 fully saturated rings. The molecular weight excluding hydrogens is 356 g/mol. The first-order valence-electron chi connectivity index (χ1n) is 8.26. The van der Waals surface area contributed by atoms with Gasteiger partial charge < -0.3 is 20.0 Å². The van der Waals surface area contributed by atoms with Gasteiger partial charge in [0.1, 0.15) is 17.3 Å². The summed E-state index contributed by atoms with van der Waals surface area (Å²) in [5, 5.41) is 20.8. The molecule has 0 unspecified atom stereocenters. The van der Waals surface area contributed by atoms with Crippen molar-refractivity contribution in [2.45, 2.75) is 38.3 Å². The molecule has 136 valence electrons. The molecule has 4 rings (SSSR count). The van der Waals surface area contributed by atoms with E-state index in [0.29, 0.717) is 26.5 Å². The molecule has 0 aromatic carbocycles. The number of aliphatic hydroxyl groups is 1. The third-order valence-electron chi connectivity index (χ3n) is 4.92. The second-order valence-electron chi connectivity index (χ2n) is 6.50. The highest BCUT2D eigenvalue weighted by Crippen LogP contribution is 2.36. The number of fused-ring (bicyclic) bond motifs is 1. The number of thiophene rings is 1. The number of H-pyrrole nitrogens is 1. The maximum atomic E-state index is 12.6. The van der Waals surface area contributed by atoms with Crippen LogP contribution in [0.2, 0.25) is 0 Å². The van der Waals surface area contributed by atoms with E-state index in [1.807, 2.05) is 7.05 Å². The lowest BCUT2D eigenvalue weighted by Gasteiger charge is -2.34. The molecule has 0 spiro atoms. The fourth-order valence-corrected chi connectivity index (χ4v) is 4.41. The molecule has 9 nitrogen and oxygen atoms in total. The van der Waals surface area contributed by atoms with Crippen LogP contribution in [0.1, 0.15) is 45.6 Å². The molecule has 3 N–H and O–H groups in total. The quantitative estimate of drug-likeness (QED) is 0.614. The number of hydrogen-bond acceptors (Lipinski definition) is 7. The standard InChI is InChI=1S/C16H18N6O3S/c1-7-11-14(24)17-6-18-16(11)26-12(7)15(25)19-9-3-8(4-9)13-21-20-10(5-23)22(13)2/h6,8-9,23H,3-5H2,1-2H3,(H,19,25)(H,17,18,24). The van der Waals surface area contributed by atoms with Crippen LogP contribution in [-0.4, -0.2) is 41.8 Å². The number of aromatic nitrogens is 5. The van der Waals surface area contributed by atoms with E-state index in [1.54, 1.807) is 11.5 Å². The fraction of sp³-hybridized carbons (Fsp3) is 0.438. The van der Waals surface area contributed by atoms with Crippen LogP contribution in [-0.2, 0) is 13.7 Å². The van der Waals surface area contributed by atoms with Gasteiger partial charge in [-0.15, -0.1) is 21.5 Å². The minimum Gasteiger partial charge on any atom is -0.388 e. The molecule has 1 amide bonds. The van der Waals surface area contributed by atoms with E-state index in [4.69, 9.17) is 0 Å². The summed E-state index contributed by atoms with van der Waals surface area (Å²) < 4.78 is 1.80. The molecule has 10 heteroatoms. The van der Waals surface area contributed by atoms with Gasteiger partial charge in [-0.2, -0.15) is 0 Å². The number of rotatable bonds is 4. The molecular formula is C16H18N6O3S. The normalized spacial score (nSPS) is 19.5. The Morgan fingerprint density at radius 3 is 2.88 bits per heavy atom. The van der Waals surface area contributed by atoms with Crippen molar-refractivity contribution in [3.63, 3.8) is 0 Å². The van der Waals surface area contributed by atoms with Gasteiger partial charge in [-0.25, -0.2) is 4.98 Å². The molecule has 3 heterocycles. The molecule has 0 radical (unpaired) electrons. The molecule has 0 saturated heterocycles. The van der Waals surface area contributed by atoms with Crippen LogP contribution in [0, 0.1) is 6.92 Å². The van der Waals surface area contributed by atoms with Crippen molar-refractivity contribution in [1.29, 1.82) is 0 Å². The van der Waals surface area contributed by atoms with E-state index in [-0.39, 0.29) is 30.0 Å². The molecule has 0 bridgehead atoms. The Balaban J connectivity index is 1.46. The fourth-order valence-electron chi connectivity index (χ4n) is 3.36. The summed E-state index contributed by atoms with van der Waals surface area (Å²) in [5.41, 5.74) is 0.432. The van der Waals surface area contributed by atoms with Crippen molar-refractivity contribution in [2.75, 3.05) is 0 Å². The summed E-state index contributed by atoms with van der Waals surface area (Å²) in [6, 6.07) is 0.0534. The molecule has 3 aromatic rings. The third-order valence-corrected chi connectivity index (χ3v) is 6.12. The van der Waals surface area contributed by atoms with E-state index >= 15 is 0 Å². The zero-order valence-corrected chi connectivity index (χ0v) is 15.1. The van der Waals surface area contributed by atoms with Gasteiger partial charge in [0.2, 0.25) is 0 Å². The number of aliphatic hydroxyl groups excluding tert-OH is 1. The van der Waals surface area contributed by atoms with Gasteiger partial charge in [0.25, 0.3) is 11.5 Å². The van der Waals surface area contributed by atoms with E-state index in [1.165, 1.54) is 17.7 Å². The van der Waals surface area contributed by atoms with Crippen molar-refractivity contribution in [3.8, 4) is 0 Å². The SMILES string of the molecule is Cc1c(C(=O)NC2CC(c3nnc(CO)n3C)C2)sc2nc[nH]c(=O)c12. The van der Waals surface area contributed by atoms with E-state index in [0.717, 1.165) is 18.7 Å². The molecule has 1 saturated carbocycles. The van der Waals surface area contributed by atoms with Gasteiger partial charge in [-0.3, -0.25) is 9.59 Å². The van der Waals surface area contributed by atoms with Crippen molar-refractivity contribution in [2.24, 2.45) is 7.05 Å². The average Bonchev–Trinajstić information content (AvgIpc) is 3.11. The second kappa shape index (κ2) is 6.29. The highest BCUT2D eigenvalue weighted by molar-refractivity contribution is 7.20. The first-order valence-corrected chi connectivity index (χ1v) is 9.08. The Labute approximate surface area is 152 Å². The summed E-state index contributed by atoms with van der Waals surface area (Å²) in [4.78, 5) is 32.3. The number of nitrogens with zero attached hydrogens (tertiary/aromatic N) is 4. The Bertz CT molecular complexity index is 1050. The predicted octanol–water partition coefficient (Wildman–Crippen LogP) is 0.590. The number of amides is 1. The van der Waals surface area contributed by atoms with Gasteiger partial charge in [0.05, 0.1) is 16.6 Å². The molecule has 0 aliphatic heterocycles. The third kappa shape index (κ3) is 2.61. The predicted molar refractivity (Wildman–Crippen MR) is 95.1 cm³/mol. The zero-order chi connectivity index (χ0) is 18.4. The highest BCUT2D eigenvalue weighted by Gasteiger charge is 2.35. The van der Waals surface area contributed by atoms with Crippen molar-refractivity contribution in [1.82, 2.24) is 30.0 Å².